The van der Waals surface area contributed by atoms with Crippen LogP contribution in [-0.2, 0) is 6.18 Å². The van der Waals surface area contributed by atoms with Gasteiger partial charge >= 0.3 is 6.18 Å². The number of hydrogen-bond acceptors (Lipinski definition) is 2. The van der Waals surface area contributed by atoms with E-state index in [-0.39, 0.29) is 17.9 Å². The number of aliphatic hydroxyl groups is 2. The van der Waals surface area contributed by atoms with Crippen molar-refractivity contribution in [1.29, 1.82) is 0 Å². The third-order valence-corrected chi connectivity index (χ3v) is 2.94. The van der Waals surface area contributed by atoms with Crippen molar-refractivity contribution in [1.82, 2.24) is 0 Å². The van der Waals surface area contributed by atoms with Crippen molar-refractivity contribution in [3.63, 3.8) is 0 Å². The van der Waals surface area contributed by atoms with Gasteiger partial charge in [0.05, 0.1) is 16.7 Å². The summed E-state index contributed by atoms with van der Waals surface area (Å²) >= 11 is 10.9. The quantitative estimate of drug-likeness (QED) is 0.837. The van der Waals surface area contributed by atoms with E-state index in [1.54, 1.807) is 0 Å². The van der Waals surface area contributed by atoms with Crippen LogP contribution in [0, 0.1) is 0 Å². The smallest absolute Gasteiger partial charge is 0.390 e. The van der Waals surface area contributed by atoms with E-state index >= 15 is 0 Å². The van der Waals surface area contributed by atoms with Crippen molar-refractivity contribution >= 4 is 23.2 Å². The van der Waals surface area contributed by atoms with Crippen LogP contribution in [0.1, 0.15) is 23.7 Å². The van der Waals surface area contributed by atoms with E-state index in [2.05, 4.69) is 0 Å². The van der Waals surface area contributed by atoms with Gasteiger partial charge in [-0.05, 0) is 24.1 Å². The largest absolute Gasteiger partial charge is 0.417 e. The predicted octanol–water partition coefficient (Wildman–Crippen LogP) is 3.38. The lowest BCUT2D eigenvalue weighted by molar-refractivity contribution is -0.137. The van der Waals surface area contributed by atoms with Gasteiger partial charge in [-0.3, -0.25) is 0 Å². The molecule has 0 spiro atoms. The summed E-state index contributed by atoms with van der Waals surface area (Å²) in [5.41, 5.74) is -0.863. The number of aliphatic hydroxyl groups excluding tert-OH is 2. The fourth-order valence-electron chi connectivity index (χ4n) is 1.44. The molecule has 0 heterocycles. The molecule has 0 saturated heterocycles. The monoisotopic (exact) mass is 302 g/mol. The molecule has 18 heavy (non-hydrogen) atoms. The first-order valence-electron chi connectivity index (χ1n) is 5.06. The van der Waals surface area contributed by atoms with Crippen molar-refractivity contribution in [2.24, 2.45) is 0 Å². The number of rotatable bonds is 4. The van der Waals surface area contributed by atoms with Crippen LogP contribution in [0.3, 0.4) is 0 Å². The Morgan fingerprint density at radius 2 is 1.83 bits per heavy atom. The van der Waals surface area contributed by atoms with Crippen LogP contribution in [0.25, 0.3) is 0 Å². The maximum atomic E-state index is 12.4. The maximum absolute atomic E-state index is 12.4. The fraction of sp³-hybridized carbons (Fsp3) is 0.455. The van der Waals surface area contributed by atoms with Crippen LogP contribution in [0.2, 0.25) is 5.02 Å². The Labute approximate surface area is 112 Å². The zero-order chi connectivity index (χ0) is 13.9. The number of hydrogen-bond donors (Lipinski definition) is 2. The molecule has 1 aromatic rings. The maximum Gasteiger partial charge on any atom is 0.417 e. The van der Waals surface area contributed by atoms with E-state index in [1.165, 1.54) is 0 Å². The predicted molar refractivity (Wildman–Crippen MR) is 62.8 cm³/mol. The summed E-state index contributed by atoms with van der Waals surface area (Å²) in [5, 5.41) is 18.7. The number of alkyl halides is 4. The molecule has 0 aliphatic heterocycles. The SMILES string of the molecule is OC(CCCl)C(O)c1ccc(C(F)(F)F)c(Cl)c1. The summed E-state index contributed by atoms with van der Waals surface area (Å²) < 4.78 is 37.3. The van der Waals surface area contributed by atoms with Gasteiger partial charge in [-0.1, -0.05) is 17.7 Å². The van der Waals surface area contributed by atoms with Crippen molar-refractivity contribution < 1.29 is 23.4 Å². The second kappa shape index (κ2) is 6.10. The number of benzene rings is 1. The molecule has 0 amide bonds. The molecule has 1 rings (SSSR count). The van der Waals surface area contributed by atoms with E-state index < -0.39 is 29.0 Å². The van der Waals surface area contributed by atoms with Gasteiger partial charge in [-0.2, -0.15) is 13.2 Å². The molecule has 102 valence electrons. The first-order valence-corrected chi connectivity index (χ1v) is 5.97. The highest BCUT2D eigenvalue weighted by atomic mass is 35.5. The molecule has 0 aliphatic rings. The van der Waals surface area contributed by atoms with Gasteiger partial charge in [0.15, 0.2) is 0 Å². The van der Waals surface area contributed by atoms with Gasteiger partial charge < -0.3 is 10.2 Å². The van der Waals surface area contributed by atoms with Gasteiger partial charge in [-0.25, -0.2) is 0 Å². The molecule has 2 nitrogen and oxygen atoms in total. The molecule has 2 unspecified atom stereocenters. The van der Waals surface area contributed by atoms with Gasteiger partial charge in [0.25, 0.3) is 0 Å². The molecule has 0 saturated carbocycles. The van der Waals surface area contributed by atoms with Gasteiger partial charge in [0, 0.05) is 5.88 Å². The number of halogens is 5. The molecule has 2 atom stereocenters. The Bertz CT molecular complexity index is 410. The Kier molecular flexibility index (Phi) is 5.28. The second-order valence-corrected chi connectivity index (χ2v) is 4.51. The van der Waals surface area contributed by atoms with Crippen LogP contribution in [0.15, 0.2) is 18.2 Å². The average Bonchev–Trinajstić information content (AvgIpc) is 2.26. The summed E-state index contributed by atoms with van der Waals surface area (Å²) in [4.78, 5) is 0. The van der Waals surface area contributed by atoms with Crippen molar-refractivity contribution in [3.05, 3.63) is 34.3 Å². The van der Waals surface area contributed by atoms with Gasteiger partial charge in [0.2, 0.25) is 0 Å². The van der Waals surface area contributed by atoms with Crippen molar-refractivity contribution in [2.45, 2.75) is 24.8 Å². The topological polar surface area (TPSA) is 40.5 Å². The lowest BCUT2D eigenvalue weighted by atomic mass is 10.0. The third kappa shape index (κ3) is 3.75. The summed E-state index contributed by atoms with van der Waals surface area (Å²) in [6.45, 7) is 0. The van der Waals surface area contributed by atoms with E-state index in [1.807, 2.05) is 0 Å². The summed E-state index contributed by atoms with van der Waals surface area (Å²) in [6, 6.07) is 2.84. The molecular weight excluding hydrogens is 292 g/mol. The molecular formula is C11H11Cl2F3O2. The minimum Gasteiger partial charge on any atom is -0.390 e. The average molecular weight is 303 g/mol. The Morgan fingerprint density at radius 1 is 1.22 bits per heavy atom. The van der Waals surface area contributed by atoms with E-state index in [9.17, 15) is 23.4 Å². The normalized spacial score (nSPS) is 15.5. The molecule has 0 aromatic heterocycles. The Morgan fingerprint density at radius 3 is 2.28 bits per heavy atom. The zero-order valence-corrected chi connectivity index (χ0v) is 10.6. The lowest BCUT2D eigenvalue weighted by Crippen LogP contribution is -2.19. The summed E-state index contributed by atoms with van der Waals surface area (Å²) in [5.74, 6) is 0.132. The molecule has 7 heteroatoms. The van der Waals surface area contributed by atoms with Gasteiger partial charge in [0.1, 0.15) is 6.10 Å². The minimum absolute atomic E-state index is 0.116. The summed E-state index contributed by atoms with van der Waals surface area (Å²) in [7, 11) is 0. The molecule has 0 fully saturated rings. The van der Waals surface area contributed by atoms with Crippen molar-refractivity contribution in [2.75, 3.05) is 5.88 Å². The Balaban J connectivity index is 2.97. The van der Waals surface area contributed by atoms with Crippen LogP contribution < -0.4 is 0 Å². The lowest BCUT2D eigenvalue weighted by Gasteiger charge is -2.18. The van der Waals surface area contributed by atoms with Crippen LogP contribution >= 0.6 is 23.2 Å². The highest BCUT2D eigenvalue weighted by molar-refractivity contribution is 6.31. The Hall–Kier alpha value is -0.490. The van der Waals surface area contributed by atoms with E-state index in [0.29, 0.717) is 0 Å². The van der Waals surface area contributed by atoms with Crippen LogP contribution in [-0.4, -0.2) is 22.2 Å². The zero-order valence-electron chi connectivity index (χ0n) is 9.09. The molecule has 0 bridgehead atoms. The fourth-order valence-corrected chi connectivity index (χ4v) is 1.96. The third-order valence-electron chi connectivity index (χ3n) is 2.41. The first-order chi connectivity index (χ1) is 8.27. The minimum atomic E-state index is -4.55. The van der Waals surface area contributed by atoms with Crippen LogP contribution in [0.4, 0.5) is 13.2 Å². The standard InChI is InChI=1S/C11H11Cl2F3O2/c12-4-3-9(17)10(18)6-1-2-7(8(13)5-6)11(14,15)16/h1-2,5,9-10,17-18H,3-4H2. The first kappa shape index (κ1) is 15.6. The van der Waals surface area contributed by atoms with Gasteiger partial charge in [-0.15, -0.1) is 11.6 Å². The van der Waals surface area contributed by atoms with E-state index in [4.69, 9.17) is 23.2 Å². The van der Waals surface area contributed by atoms with E-state index in [0.717, 1.165) is 18.2 Å². The molecule has 0 aliphatic carbocycles. The molecule has 2 N–H and O–H groups in total. The summed E-state index contributed by atoms with van der Waals surface area (Å²) in [6.07, 6.45) is -6.88. The highest BCUT2D eigenvalue weighted by Crippen LogP contribution is 2.36. The second-order valence-electron chi connectivity index (χ2n) is 3.73. The highest BCUT2D eigenvalue weighted by Gasteiger charge is 2.33. The molecule has 0 radical (unpaired) electrons. The van der Waals surface area contributed by atoms with Crippen LogP contribution in [0.5, 0.6) is 0 Å². The molecule has 1 aromatic carbocycles. The van der Waals surface area contributed by atoms with Crippen molar-refractivity contribution in [3.8, 4) is 0 Å².